The average molecular weight is 486 g/mol. The molecule has 1 fully saturated rings. The van der Waals surface area contributed by atoms with Gasteiger partial charge in [-0.3, -0.25) is 9.79 Å². The molecule has 3 rings (SSSR count). The summed E-state index contributed by atoms with van der Waals surface area (Å²) in [4.78, 5) is 31.9. The van der Waals surface area contributed by atoms with E-state index >= 15 is 0 Å². The summed E-state index contributed by atoms with van der Waals surface area (Å²) >= 11 is 1.67. The third kappa shape index (κ3) is 9.59. The minimum Gasteiger partial charge on any atom is -0.450 e. The molecular formula is C27H39N3O3S. The van der Waals surface area contributed by atoms with E-state index in [0.717, 1.165) is 21.9 Å². The fourth-order valence-electron chi connectivity index (χ4n) is 3.22. The van der Waals surface area contributed by atoms with Crippen molar-refractivity contribution in [3.05, 3.63) is 60.2 Å². The number of benzene rings is 1. The van der Waals surface area contributed by atoms with Crippen molar-refractivity contribution in [2.24, 2.45) is 4.99 Å². The van der Waals surface area contributed by atoms with Crippen LogP contribution in [0.4, 0.5) is 10.5 Å². The van der Waals surface area contributed by atoms with Crippen LogP contribution in [0, 0.1) is 0 Å². The van der Waals surface area contributed by atoms with Gasteiger partial charge in [-0.25, -0.2) is 4.79 Å². The van der Waals surface area contributed by atoms with Gasteiger partial charge in [0.15, 0.2) is 0 Å². The molecule has 1 aromatic rings. The van der Waals surface area contributed by atoms with Crippen molar-refractivity contribution < 1.29 is 14.3 Å². The van der Waals surface area contributed by atoms with Gasteiger partial charge in [0, 0.05) is 41.6 Å². The number of hydrogen-bond donors (Lipinski definition) is 1. The summed E-state index contributed by atoms with van der Waals surface area (Å²) in [5.74, 6) is 0.699. The van der Waals surface area contributed by atoms with Crippen LogP contribution in [0.25, 0.3) is 0 Å². The van der Waals surface area contributed by atoms with Gasteiger partial charge in [0.1, 0.15) is 0 Å². The Morgan fingerprint density at radius 3 is 2.56 bits per heavy atom. The van der Waals surface area contributed by atoms with Crippen molar-refractivity contribution >= 4 is 35.7 Å². The molecule has 1 N–H and O–H groups in total. The van der Waals surface area contributed by atoms with E-state index in [0.29, 0.717) is 38.1 Å². The van der Waals surface area contributed by atoms with Gasteiger partial charge in [-0.2, -0.15) is 0 Å². The zero-order valence-corrected chi connectivity index (χ0v) is 22.0. The number of hydrogen-bond acceptors (Lipinski definition) is 5. The van der Waals surface area contributed by atoms with Gasteiger partial charge in [-0.1, -0.05) is 58.6 Å². The molecule has 6 nitrogen and oxygen atoms in total. The quantitative estimate of drug-likeness (QED) is 0.526. The molecule has 2 aliphatic heterocycles. The number of nitrogens with zero attached hydrogens (tertiary/aromatic N) is 2. The molecule has 0 aromatic heterocycles. The summed E-state index contributed by atoms with van der Waals surface area (Å²) < 4.78 is 5.04. The summed E-state index contributed by atoms with van der Waals surface area (Å²) in [6.07, 6.45) is 10.8. The number of thioether (sulfide) groups is 1. The predicted molar refractivity (Wildman–Crippen MR) is 145 cm³/mol. The molecule has 7 heteroatoms. The Hall–Kier alpha value is -2.80. The van der Waals surface area contributed by atoms with Crippen LogP contribution >= 0.6 is 11.8 Å². The summed E-state index contributed by atoms with van der Waals surface area (Å²) in [6, 6.07) is 5.63. The first-order valence-electron chi connectivity index (χ1n) is 12.1. The van der Waals surface area contributed by atoms with Crippen molar-refractivity contribution in [1.29, 1.82) is 0 Å². The molecule has 2 aliphatic rings. The number of rotatable bonds is 3. The molecule has 0 bridgehead atoms. The van der Waals surface area contributed by atoms with E-state index in [-0.39, 0.29) is 18.0 Å². The maximum absolute atomic E-state index is 12.8. The predicted octanol–water partition coefficient (Wildman–Crippen LogP) is 6.57. The van der Waals surface area contributed by atoms with E-state index < -0.39 is 0 Å². The molecule has 1 saturated heterocycles. The van der Waals surface area contributed by atoms with Crippen LogP contribution < -0.4 is 5.32 Å². The molecule has 0 radical (unpaired) electrons. The Balaban J connectivity index is 0.00000137. The third-order valence-electron chi connectivity index (χ3n) is 4.84. The molecule has 2 amide bonds. The number of aliphatic imine (C=N–C) groups is 1. The van der Waals surface area contributed by atoms with E-state index in [9.17, 15) is 9.59 Å². The zero-order valence-electron chi connectivity index (χ0n) is 21.2. The fourth-order valence-corrected chi connectivity index (χ4v) is 4.03. The van der Waals surface area contributed by atoms with Crippen LogP contribution in [0.1, 0.15) is 57.8 Å². The Morgan fingerprint density at radius 2 is 1.88 bits per heavy atom. The molecule has 34 heavy (non-hydrogen) atoms. The lowest BCUT2D eigenvalue weighted by Crippen LogP contribution is -2.46. The first kappa shape index (κ1) is 29.2. The van der Waals surface area contributed by atoms with Crippen molar-refractivity contribution in [2.45, 2.75) is 58.4 Å². The summed E-state index contributed by atoms with van der Waals surface area (Å²) in [6.45, 7) is 15.3. The molecule has 0 saturated carbocycles. The van der Waals surface area contributed by atoms with Crippen LogP contribution in [0.15, 0.2) is 64.5 Å². The Bertz CT molecular complexity index is 885. The standard InChI is InChI=1S/C23H27N3O3S.2C2H6/c1-3-29-23(28)26-12-10-19(11-13-26)25-22(27)18-8-9-21-20(15-18)24-16-17(2)7-5-4-6-14-30-21;2*1-2/h4-9,15-16,19H,2-3,10-14H2,1H3,(H,25,27);2*1-2H3/b6-4-,7-5-,24-16?;;. The number of likely N-dealkylation sites (tertiary alicyclic amines) is 1. The van der Waals surface area contributed by atoms with Gasteiger partial charge in [0.05, 0.1) is 12.3 Å². The second-order valence-corrected chi connectivity index (χ2v) is 8.11. The minimum atomic E-state index is -0.284. The third-order valence-corrected chi connectivity index (χ3v) is 5.85. The molecular weight excluding hydrogens is 446 g/mol. The highest BCUT2D eigenvalue weighted by Crippen LogP contribution is 2.31. The number of ether oxygens (including phenoxy) is 1. The number of nitrogens with one attached hydrogen (secondary N) is 1. The topological polar surface area (TPSA) is 71.0 Å². The van der Waals surface area contributed by atoms with Gasteiger partial charge in [0.25, 0.3) is 5.91 Å². The largest absolute Gasteiger partial charge is 0.450 e. The SMILES string of the molecule is C=C1C=Nc2cc(C(=O)NC3CCN(C(=O)OCC)CC3)ccc2SC/C=C\C=C/1.CC.CC. The number of carbonyl (C=O) groups is 2. The van der Waals surface area contributed by atoms with E-state index in [2.05, 4.69) is 23.0 Å². The monoisotopic (exact) mass is 485 g/mol. The first-order chi connectivity index (χ1) is 16.6. The van der Waals surface area contributed by atoms with Crippen LogP contribution in [0.2, 0.25) is 0 Å². The van der Waals surface area contributed by atoms with Gasteiger partial charge in [-0.05, 0) is 43.5 Å². The lowest BCUT2D eigenvalue weighted by Gasteiger charge is -2.31. The van der Waals surface area contributed by atoms with E-state index in [1.807, 2.05) is 64.1 Å². The number of piperidine rings is 1. The van der Waals surface area contributed by atoms with Crippen molar-refractivity contribution in [2.75, 3.05) is 25.4 Å². The van der Waals surface area contributed by atoms with E-state index in [1.54, 1.807) is 29.8 Å². The Kier molecular flexibility index (Phi) is 14.4. The van der Waals surface area contributed by atoms with Crippen molar-refractivity contribution in [3.8, 4) is 0 Å². The smallest absolute Gasteiger partial charge is 0.409 e. The molecule has 0 aliphatic carbocycles. The number of allylic oxidation sites excluding steroid dienone is 4. The first-order valence-corrected chi connectivity index (χ1v) is 13.1. The van der Waals surface area contributed by atoms with Crippen LogP contribution in [0.5, 0.6) is 0 Å². The highest BCUT2D eigenvalue weighted by molar-refractivity contribution is 7.99. The lowest BCUT2D eigenvalue weighted by molar-refractivity contribution is 0.0860. The van der Waals surface area contributed by atoms with Crippen molar-refractivity contribution in [1.82, 2.24) is 10.2 Å². The molecule has 2 heterocycles. The number of carbonyl (C=O) groups excluding carboxylic acids is 2. The van der Waals surface area contributed by atoms with Crippen LogP contribution in [-0.4, -0.2) is 54.6 Å². The average Bonchev–Trinajstić information content (AvgIpc) is 2.91. The van der Waals surface area contributed by atoms with Gasteiger partial charge < -0.3 is 15.0 Å². The van der Waals surface area contributed by atoms with Crippen LogP contribution in [0.3, 0.4) is 0 Å². The highest BCUT2D eigenvalue weighted by atomic mass is 32.2. The molecule has 1 aromatic carbocycles. The summed E-state index contributed by atoms with van der Waals surface area (Å²) in [5.41, 5.74) is 2.13. The van der Waals surface area contributed by atoms with Gasteiger partial charge in [0.2, 0.25) is 0 Å². The number of amides is 2. The fraction of sp³-hybridized carbons (Fsp3) is 0.444. The maximum atomic E-state index is 12.8. The highest BCUT2D eigenvalue weighted by Gasteiger charge is 2.25. The zero-order chi connectivity index (χ0) is 25.3. The van der Waals surface area contributed by atoms with Crippen molar-refractivity contribution in [3.63, 3.8) is 0 Å². The minimum absolute atomic E-state index is 0.0355. The summed E-state index contributed by atoms with van der Waals surface area (Å²) in [5, 5.41) is 3.09. The van der Waals surface area contributed by atoms with E-state index in [1.165, 1.54) is 0 Å². The molecule has 186 valence electrons. The lowest BCUT2D eigenvalue weighted by atomic mass is 10.0. The van der Waals surface area contributed by atoms with E-state index in [4.69, 9.17) is 4.74 Å². The Labute approximate surface area is 209 Å². The summed E-state index contributed by atoms with van der Waals surface area (Å²) in [7, 11) is 0. The van der Waals surface area contributed by atoms with Gasteiger partial charge >= 0.3 is 6.09 Å². The molecule has 0 spiro atoms. The molecule has 0 unspecified atom stereocenters. The Morgan fingerprint density at radius 1 is 1.18 bits per heavy atom. The number of fused-ring (bicyclic) bond motifs is 1. The second kappa shape index (κ2) is 16.8. The second-order valence-electron chi connectivity index (χ2n) is 7.05. The normalized spacial score (nSPS) is 17.4. The van der Waals surface area contributed by atoms with Gasteiger partial charge in [-0.15, -0.1) is 11.8 Å². The molecule has 0 atom stereocenters. The maximum Gasteiger partial charge on any atom is 0.409 e. The van der Waals surface area contributed by atoms with Crippen LogP contribution in [-0.2, 0) is 4.74 Å².